The van der Waals surface area contributed by atoms with Crippen molar-refractivity contribution in [2.45, 2.75) is 38.5 Å². The summed E-state index contributed by atoms with van der Waals surface area (Å²) >= 11 is 8.56. The molecule has 0 spiro atoms. The van der Waals surface area contributed by atoms with Crippen LogP contribution in [0.5, 0.6) is 0 Å². The Hall–Kier alpha value is -0.380. The molecule has 0 aromatic heterocycles. The zero-order valence-electron chi connectivity index (χ0n) is 12.7. The van der Waals surface area contributed by atoms with Crippen molar-refractivity contribution in [3.05, 3.63) is 28.8 Å². The fourth-order valence-corrected chi connectivity index (χ4v) is 3.89. The smallest absolute Gasteiger partial charge is 0.0642 e. The molecule has 1 aromatic rings. The number of thioether (sulfide) groups is 1. The first-order chi connectivity index (χ1) is 9.61. The van der Waals surface area contributed by atoms with Crippen LogP contribution in [0.15, 0.2) is 18.2 Å². The Balaban J connectivity index is 2.09. The summed E-state index contributed by atoms with van der Waals surface area (Å²) in [5.41, 5.74) is 2.46. The quantitative estimate of drug-likeness (QED) is 0.870. The van der Waals surface area contributed by atoms with Crippen LogP contribution >= 0.6 is 23.4 Å². The molecule has 0 bridgehead atoms. The maximum Gasteiger partial charge on any atom is 0.0642 e. The van der Waals surface area contributed by atoms with Gasteiger partial charge in [-0.05, 0) is 37.6 Å². The van der Waals surface area contributed by atoms with E-state index in [0.717, 1.165) is 31.1 Å². The third kappa shape index (κ3) is 4.06. The third-order valence-corrected chi connectivity index (χ3v) is 5.19. The largest absolute Gasteiger partial charge is 0.368 e. The van der Waals surface area contributed by atoms with Crippen molar-refractivity contribution in [2.75, 3.05) is 30.3 Å². The van der Waals surface area contributed by atoms with E-state index in [-0.39, 0.29) is 0 Å². The number of hydrogen-bond acceptors (Lipinski definition) is 3. The third-order valence-electron chi connectivity index (χ3n) is 3.75. The van der Waals surface area contributed by atoms with Gasteiger partial charge in [-0.1, -0.05) is 31.5 Å². The highest BCUT2D eigenvalue weighted by molar-refractivity contribution is 8.00. The molecule has 0 amide bonds. The lowest BCUT2D eigenvalue weighted by Crippen LogP contribution is -2.36. The molecule has 112 valence electrons. The van der Waals surface area contributed by atoms with Gasteiger partial charge in [0.2, 0.25) is 0 Å². The van der Waals surface area contributed by atoms with Gasteiger partial charge in [0.1, 0.15) is 0 Å². The molecule has 0 aliphatic carbocycles. The van der Waals surface area contributed by atoms with Crippen LogP contribution in [0, 0.1) is 0 Å². The molecule has 20 heavy (non-hydrogen) atoms. The van der Waals surface area contributed by atoms with E-state index in [1.165, 1.54) is 17.0 Å². The Bertz CT molecular complexity index is 438. The summed E-state index contributed by atoms with van der Waals surface area (Å²) < 4.78 is 0. The van der Waals surface area contributed by atoms with Crippen LogP contribution in [0.2, 0.25) is 5.02 Å². The molecular formula is C16H25ClN2S. The SMILES string of the molecule is CCCNC(C)c1ccc(N2CCSC(C)C2)c(Cl)c1. The molecule has 2 nitrogen and oxygen atoms in total. The zero-order valence-corrected chi connectivity index (χ0v) is 14.2. The van der Waals surface area contributed by atoms with Crippen LogP contribution in [0.1, 0.15) is 38.8 Å². The first-order valence-corrected chi connectivity index (χ1v) is 8.94. The highest BCUT2D eigenvalue weighted by Crippen LogP contribution is 2.32. The van der Waals surface area contributed by atoms with E-state index in [2.05, 4.69) is 49.2 Å². The topological polar surface area (TPSA) is 15.3 Å². The summed E-state index contributed by atoms with van der Waals surface area (Å²) in [5, 5.41) is 5.07. The van der Waals surface area contributed by atoms with E-state index >= 15 is 0 Å². The number of anilines is 1. The van der Waals surface area contributed by atoms with Crippen molar-refractivity contribution in [3.63, 3.8) is 0 Å². The van der Waals surface area contributed by atoms with E-state index in [9.17, 15) is 0 Å². The van der Waals surface area contributed by atoms with Crippen LogP contribution in [0.25, 0.3) is 0 Å². The van der Waals surface area contributed by atoms with Gasteiger partial charge in [0.25, 0.3) is 0 Å². The second-order valence-corrected chi connectivity index (χ2v) is 7.47. The number of nitrogens with one attached hydrogen (secondary N) is 1. The number of benzene rings is 1. The first kappa shape index (κ1) is 16.0. The lowest BCUT2D eigenvalue weighted by Gasteiger charge is -2.33. The van der Waals surface area contributed by atoms with E-state index in [1.54, 1.807) is 0 Å². The monoisotopic (exact) mass is 312 g/mol. The van der Waals surface area contributed by atoms with E-state index in [1.807, 2.05) is 11.8 Å². The Morgan fingerprint density at radius 3 is 2.95 bits per heavy atom. The van der Waals surface area contributed by atoms with Crippen LogP contribution in [-0.4, -0.2) is 30.6 Å². The molecule has 2 unspecified atom stereocenters. The van der Waals surface area contributed by atoms with Crippen LogP contribution < -0.4 is 10.2 Å². The summed E-state index contributed by atoms with van der Waals surface area (Å²) in [7, 11) is 0. The van der Waals surface area contributed by atoms with Gasteiger partial charge in [-0.2, -0.15) is 11.8 Å². The molecule has 1 aliphatic rings. The number of hydrogen-bond donors (Lipinski definition) is 1. The molecule has 2 atom stereocenters. The van der Waals surface area contributed by atoms with Gasteiger partial charge in [-0.15, -0.1) is 0 Å². The zero-order chi connectivity index (χ0) is 14.5. The Morgan fingerprint density at radius 2 is 2.30 bits per heavy atom. The van der Waals surface area contributed by atoms with Crippen molar-refractivity contribution in [3.8, 4) is 0 Å². The van der Waals surface area contributed by atoms with Gasteiger partial charge < -0.3 is 10.2 Å². The van der Waals surface area contributed by atoms with Gasteiger partial charge in [0.15, 0.2) is 0 Å². The normalized spacial score (nSPS) is 21.0. The second-order valence-electron chi connectivity index (χ2n) is 5.51. The predicted octanol–water partition coefficient (Wildman–Crippen LogP) is 4.34. The van der Waals surface area contributed by atoms with Crippen molar-refractivity contribution >= 4 is 29.1 Å². The Kier molecular flexibility index (Phi) is 6.06. The summed E-state index contributed by atoms with van der Waals surface area (Å²) in [5.74, 6) is 1.19. The predicted molar refractivity (Wildman–Crippen MR) is 92.3 cm³/mol. The van der Waals surface area contributed by atoms with Gasteiger partial charge in [0.05, 0.1) is 10.7 Å². The first-order valence-electron chi connectivity index (χ1n) is 7.51. The molecule has 1 aliphatic heterocycles. The molecule has 4 heteroatoms. The number of halogens is 1. The van der Waals surface area contributed by atoms with E-state index in [4.69, 9.17) is 11.6 Å². The van der Waals surface area contributed by atoms with Crippen LogP contribution in [-0.2, 0) is 0 Å². The minimum absolute atomic E-state index is 0.359. The minimum atomic E-state index is 0.359. The Labute approximate surface area is 132 Å². The van der Waals surface area contributed by atoms with Gasteiger partial charge in [0, 0.05) is 30.1 Å². The number of rotatable bonds is 5. The highest BCUT2D eigenvalue weighted by atomic mass is 35.5. The highest BCUT2D eigenvalue weighted by Gasteiger charge is 2.19. The van der Waals surface area contributed by atoms with Gasteiger partial charge >= 0.3 is 0 Å². The minimum Gasteiger partial charge on any atom is -0.368 e. The maximum atomic E-state index is 6.51. The van der Waals surface area contributed by atoms with E-state index in [0.29, 0.717) is 11.3 Å². The second kappa shape index (κ2) is 7.58. The molecule has 1 saturated heterocycles. The lowest BCUT2D eigenvalue weighted by molar-refractivity contribution is 0.570. The Morgan fingerprint density at radius 1 is 1.50 bits per heavy atom. The van der Waals surface area contributed by atoms with Crippen molar-refractivity contribution < 1.29 is 0 Å². The molecule has 1 aromatic carbocycles. The van der Waals surface area contributed by atoms with Crippen molar-refractivity contribution in [2.24, 2.45) is 0 Å². The molecular weight excluding hydrogens is 288 g/mol. The fourth-order valence-electron chi connectivity index (χ4n) is 2.56. The lowest BCUT2D eigenvalue weighted by atomic mass is 10.1. The fraction of sp³-hybridized carbons (Fsp3) is 0.625. The van der Waals surface area contributed by atoms with Gasteiger partial charge in [-0.25, -0.2) is 0 Å². The molecule has 0 radical (unpaired) electrons. The molecule has 1 N–H and O–H groups in total. The van der Waals surface area contributed by atoms with Crippen molar-refractivity contribution in [1.29, 1.82) is 0 Å². The van der Waals surface area contributed by atoms with Crippen LogP contribution in [0.3, 0.4) is 0 Å². The van der Waals surface area contributed by atoms with Gasteiger partial charge in [-0.3, -0.25) is 0 Å². The van der Waals surface area contributed by atoms with Crippen LogP contribution in [0.4, 0.5) is 5.69 Å². The molecule has 1 fully saturated rings. The number of nitrogens with zero attached hydrogens (tertiary/aromatic N) is 1. The molecule has 2 rings (SSSR count). The van der Waals surface area contributed by atoms with Crippen molar-refractivity contribution in [1.82, 2.24) is 5.32 Å². The summed E-state index contributed by atoms with van der Waals surface area (Å²) in [6.07, 6.45) is 1.15. The van der Waals surface area contributed by atoms with E-state index < -0.39 is 0 Å². The maximum absolute atomic E-state index is 6.51. The standard InChI is InChI=1S/C16H25ClN2S/c1-4-7-18-13(3)14-5-6-16(15(17)10-14)19-8-9-20-12(2)11-19/h5-6,10,12-13,18H,4,7-9,11H2,1-3H3. The molecule has 0 saturated carbocycles. The summed E-state index contributed by atoms with van der Waals surface area (Å²) in [6.45, 7) is 9.90. The summed E-state index contributed by atoms with van der Waals surface area (Å²) in [4.78, 5) is 2.41. The molecule has 1 heterocycles. The average molecular weight is 313 g/mol. The average Bonchev–Trinajstić information content (AvgIpc) is 2.44. The summed E-state index contributed by atoms with van der Waals surface area (Å²) in [6, 6.07) is 6.87.